The molecule has 0 fully saturated rings. The molecule has 2 unspecified atom stereocenters. The van der Waals surface area contributed by atoms with Crippen molar-refractivity contribution in [1.29, 1.82) is 10.5 Å². The van der Waals surface area contributed by atoms with Crippen molar-refractivity contribution in [2.45, 2.75) is 37.6 Å². The molecule has 5 aromatic carbocycles. The second kappa shape index (κ2) is 11.3. The summed E-state index contributed by atoms with van der Waals surface area (Å²) in [5.41, 5.74) is 13.2. The van der Waals surface area contributed by atoms with Crippen LogP contribution in [0.3, 0.4) is 0 Å². The maximum Gasteiger partial charge on any atom is 0.101 e. The Labute approximate surface area is 280 Å². The highest BCUT2D eigenvalue weighted by atomic mass is 15.2. The van der Waals surface area contributed by atoms with Crippen LogP contribution < -0.4 is 4.90 Å². The van der Waals surface area contributed by atoms with Gasteiger partial charge >= 0.3 is 0 Å². The van der Waals surface area contributed by atoms with E-state index in [0.717, 1.165) is 65.0 Å². The normalized spacial score (nSPS) is 17.4. The first-order chi connectivity index (χ1) is 23.7. The van der Waals surface area contributed by atoms with Gasteiger partial charge < -0.3 is 9.47 Å². The Hall–Kier alpha value is -6.10. The largest absolute Gasteiger partial charge is 0.332 e. The van der Waals surface area contributed by atoms with Crippen LogP contribution in [0.25, 0.3) is 44.9 Å². The molecule has 0 N–H and O–H groups in total. The predicted molar refractivity (Wildman–Crippen MR) is 194 cm³/mol. The average Bonchev–Trinajstić information content (AvgIpc) is 3.67. The number of rotatable bonds is 4. The van der Waals surface area contributed by atoms with Gasteiger partial charge in [-0.05, 0) is 90.4 Å². The van der Waals surface area contributed by atoms with Crippen molar-refractivity contribution in [3.63, 3.8) is 0 Å². The van der Waals surface area contributed by atoms with E-state index < -0.39 is 0 Å². The van der Waals surface area contributed by atoms with Crippen LogP contribution in [0.1, 0.15) is 53.1 Å². The molecule has 1 aliphatic heterocycles. The van der Waals surface area contributed by atoms with Gasteiger partial charge in [0.25, 0.3) is 0 Å². The Bertz CT molecular complexity index is 2410. The van der Waals surface area contributed by atoms with Crippen molar-refractivity contribution < 1.29 is 0 Å². The number of aryl methyl sites for hydroxylation is 1. The third-order valence-corrected chi connectivity index (χ3v) is 10.4. The van der Waals surface area contributed by atoms with E-state index in [0.29, 0.717) is 17.0 Å². The Morgan fingerprint density at radius 3 is 2.29 bits per heavy atom. The Morgan fingerprint density at radius 2 is 1.42 bits per heavy atom. The van der Waals surface area contributed by atoms with E-state index in [1.165, 1.54) is 27.7 Å². The van der Waals surface area contributed by atoms with Crippen molar-refractivity contribution in [3.8, 4) is 40.1 Å². The summed E-state index contributed by atoms with van der Waals surface area (Å²) in [6.07, 6.45) is 13.3. The van der Waals surface area contributed by atoms with Gasteiger partial charge in [0, 0.05) is 33.8 Å². The van der Waals surface area contributed by atoms with Crippen molar-refractivity contribution in [2.24, 2.45) is 0 Å². The predicted octanol–water partition coefficient (Wildman–Crippen LogP) is 10.6. The molecule has 0 saturated carbocycles. The Morgan fingerprint density at radius 1 is 0.646 bits per heavy atom. The molecule has 0 saturated heterocycles. The second-order valence-corrected chi connectivity index (χ2v) is 12.9. The maximum absolute atomic E-state index is 10.5. The number of benzene rings is 5. The quantitative estimate of drug-likeness (QED) is 0.185. The smallest absolute Gasteiger partial charge is 0.101 e. The van der Waals surface area contributed by atoms with Crippen LogP contribution in [0.4, 0.5) is 11.4 Å². The molecular weight excluding hydrogens is 585 g/mol. The lowest BCUT2D eigenvalue weighted by atomic mass is 9.86. The maximum atomic E-state index is 10.5. The van der Waals surface area contributed by atoms with Gasteiger partial charge in [0.1, 0.15) is 6.07 Å². The van der Waals surface area contributed by atoms with Crippen molar-refractivity contribution in [3.05, 3.63) is 155 Å². The monoisotopic (exact) mass is 616 g/mol. The number of nitrogens with zero attached hydrogens (tertiary/aromatic N) is 4. The number of aromatic nitrogens is 1. The van der Waals surface area contributed by atoms with E-state index in [-0.39, 0.29) is 6.04 Å². The van der Waals surface area contributed by atoms with Gasteiger partial charge in [-0.3, -0.25) is 0 Å². The van der Waals surface area contributed by atoms with Crippen LogP contribution in [0.15, 0.2) is 127 Å². The SMILES string of the molecule is N#Cc1cc(N2c3ccccc3C3CCC=CC32)c(C#N)cc1-c1cccc(-c2ccccc2-n2c3c(c4ccccc42)CCC=C3)c1. The van der Waals surface area contributed by atoms with Crippen molar-refractivity contribution in [1.82, 2.24) is 4.57 Å². The van der Waals surface area contributed by atoms with Gasteiger partial charge in [-0.25, -0.2) is 0 Å². The van der Waals surface area contributed by atoms with Crippen LogP contribution in [0.5, 0.6) is 0 Å². The summed E-state index contributed by atoms with van der Waals surface area (Å²) in [6.45, 7) is 0. The van der Waals surface area contributed by atoms with Crippen molar-refractivity contribution >= 4 is 28.4 Å². The molecule has 6 aromatic rings. The minimum Gasteiger partial charge on any atom is -0.332 e. The van der Waals surface area contributed by atoms with Gasteiger partial charge in [-0.2, -0.15) is 10.5 Å². The highest BCUT2D eigenvalue weighted by Gasteiger charge is 2.39. The third-order valence-electron chi connectivity index (χ3n) is 10.4. The number of anilines is 2. The summed E-state index contributed by atoms with van der Waals surface area (Å²) in [5.74, 6) is 0.373. The summed E-state index contributed by atoms with van der Waals surface area (Å²) in [6, 6.07) is 43.1. The first-order valence-electron chi connectivity index (χ1n) is 16.8. The molecule has 3 aliphatic rings. The highest BCUT2D eigenvalue weighted by molar-refractivity contribution is 5.93. The topological polar surface area (TPSA) is 55.8 Å². The lowest BCUT2D eigenvalue weighted by Crippen LogP contribution is -2.30. The average molecular weight is 617 g/mol. The van der Waals surface area contributed by atoms with E-state index in [9.17, 15) is 10.5 Å². The highest BCUT2D eigenvalue weighted by Crippen LogP contribution is 2.50. The summed E-state index contributed by atoms with van der Waals surface area (Å²) < 4.78 is 2.40. The van der Waals surface area contributed by atoms with Crippen molar-refractivity contribution in [2.75, 3.05) is 4.90 Å². The first-order valence-corrected chi connectivity index (χ1v) is 16.8. The third kappa shape index (κ3) is 4.27. The van der Waals surface area contributed by atoms with Crippen LogP contribution in [0, 0.1) is 22.7 Å². The standard InChI is InChI=1S/C44H32N4/c45-27-31-26-44(48-42-22-9-4-17-36(42)37-18-5-10-23-43(37)48)32(28-46)25-38(31)30-13-11-12-29(24-30)33-14-1-6-19-39(33)47-40-20-7-2-15-34(40)35-16-3-8-21-41(35)47/h1-2,4,6-15,17,19-26,37,43H,3,5,16,18H2. The summed E-state index contributed by atoms with van der Waals surface area (Å²) in [5, 5.41) is 22.4. The number of para-hydroxylation sites is 3. The van der Waals surface area contributed by atoms with Gasteiger partial charge in [0.05, 0.1) is 40.1 Å². The summed E-state index contributed by atoms with van der Waals surface area (Å²) >= 11 is 0. The number of allylic oxidation sites excluding steroid dienone is 2. The number of nitriles is 2. The molecule has 2 atom stereocenters. The number of fused-ring (bicyclic) bond motifs is 6. The van der Waals surface area contributed by atoms with E-state index >= 15 is 0 Å². The lowest BCUT2D eigenvalue weighted by molar-refractivity contribution is 0.572. The van der Waals surface area contributed by atoms with Crippen LogP contribution >= 0.6 is 0 Å². The molecule has 9 rings (SSSR count). The lowest BCUT2D eigenvalue weighted by Gasteiger charge is -2.31. The van der Waals surface area contributed by atoms with Gasteiger partial charge in [-0.1, -0.05) is 91.0 Å². The number of hydrogen-bond acceptors (Lipinski definition) is 3. The molecule has 48 heavy (non-hydrogen) atoms. The van der Waals surface area contributed by atoms with Gasteiger partial charge in [-0.15, -0.1) is 0 Å². The van der Waals surface area contributed by atoms with Crippen LogP contribution in [0.2, 0.25) is 0 Å². The Balaban J connectivity index is 1.18. The Kier molecular flexibility index (Phi) is 6.63. The summed E-state index contributed by atoms with van der Waals surface area (Å²) in [4.78, 5) is 2.28. The fourth-order valence-corrected chi connectivity index (χ4v) is 8.32. The minimum absolute atomic E-state index is 0.130. The first kappa shape index (κ1) is 28.1. The zero-order valence-corrected chi connectivity index (χ0v) is 26.5. The van der Waals surface area contributed by atoms with E-state index in [1.54, 1.807) is 0 Å². The molecule has 228 valence electrons. The van der Waals surface area contributed by atoms with Crippen LogP contribution in [-0.4, -0.2) is 10.6 Å². The van der Waals surface area contributed by atoms with E-state index in [2.05, 4.69) is 137 Å². The summed E-state index contributed by atoms with van der Waals surface area (Å²) in [7, 11) is 0. The molecular formula is C44H32N4. The van der Waals surface area contributed by atoms with Gasteiger partial charge in [0.15, 0.2) is 0 Å². The van der Waals surface area contributed by atoms with Gasteiger partial charge in [0.2, 0.25) is 0 Å². The molecule has 2 aliphatic carbocycles. The molecule has 4 heteroatoms. The number of hydrogen-bond donors (Lipinski definition) is 0. The second-order valence-electron chi connectivity index (χ2n) is 12.9. The van der Waals surface area contributed by atoms with Crippen LogP contribution in [-0.2, 0) is 6.42 Å². The fraction of sp³-hybridized carbons (Fsp3) is 0.136. The minimum atomic E-state index is 0.130. The molecule has 0 radical (unpaired) electrons. The fourth-order valence-electron chi connectivity index (χ4n) is 8.32. The molecule has 0 bridgehead atoms. The molecule has 1 aromatic heterocycles. The van der Waals surface area contributed by atoms with E-state index in [1.807, 2.05) is 18.2 Å². The molecule has 0 amide bonds. The molecule has 4 nitrogen and oxygen atoms in total. The zero-order valence-electron chi connectivity index (χ0n) is 26.5. The van der Waals surface area contributed by atoms with E-state index in [4.69, 9.17) is 0 Å². The zero-order chi connectivity index (χ0) is 32.2. The molecule has 0 spiro atoms. The molecule has 2 heterocycles.